The van der Waals surface area contributed by atoms with Crippen molar-refractivity contribution in [2.24, 2.45) is 5.92 Å². The standard InChI is InChI=1S/C39H42FN9O3/c1-47(2)36(51)26-9-13-32-24(16-26)7-8-25-17-27(37(52)48(3)4)10-14-33(25)39(32,38-43-45-46-44-38)20-30(15-23-5-11-29(40)12-6-23)42-22-35(50)49-31(21-41)18-28-19-34(28)49/h5-6,9-14,16-17,28,30-31,34,42H,7-8,15,18-20,22H2,1-4H3,(H,43,44,45,46)/t28-,30+,31?,34+/m1/s1. The lowest BCUT2D eigenvalue weighted by atomic mass is 9.67. The van der Waals surface area contributed by atoms with Gasteiger partial charge in [0.1, 0.15) is 11.9 Å². The molecule has 0 spiro atoms. The number of likely N-dealkylation sites (tertiary alicyclic amines) is 1. The number of carbonyl (C=O) groups is 3. The molecular weight excluding hydrogens is 661 g/mol. The van der Waals surface area contributed by atoms with Crippen molar-refractivity contribution in [3.8, 4) is 6.07 Å². The van der Waals surface area contributed by atoms with Gasteiger partial charge >= 0.3 is 0 Å². The van der Waals surface area contributed by atoms with E-state index >= 15 is 0 Å². The van der Waals surface area contributed by atoms with Crippen LogP contribution >= 0.6 is 0 Å². The second-order valence-corrected chi connectivity index (χ2v) is 14.7. The molecule has 3 aromatic carbocycles. The van der Waals surface area contributed by atoms with Gasteiger partial charge in [-0.3, -0.25) is 14.4 Å². The average molecular weight is 704 g/mol. The Morgan fingerprint density at radius 2 is 1.58 bits per heavy atom. The molecule has 3 amide bonds. The molecule has 2 N–H and O–H groups in total. The van der Waals surface area contributed by atoms with E-state index in [0.29, 0.717) is 55.0 Å². The topological polar surface area (TPSA) is 151 Å². The lowest BCUT2D eigenvalue weighted by Gasteiger charge is -2.38. The third-order valence-electron chi connectivity index (χ3n) is 10.9. The first-order chi connectivity index (χ1) is 25.0. The van der Waals surface area contributed by atoms with Crippen LogP contribution in [0, 0.1) is 23.1 Å². The number of tetrazole rings is 1. The number of halogens is 1. The first-order valence-electron chi connectivity index (χ1n) is 17.6. The SMILES string of the molecule is CN(C)C(=O)c1ccc2c(c1)CCc1cc(C(=O)N(C)C)ccc1C2(C[C@H](Cc1ccc(F)cc1)NCC(=O)N1C(C#N)C[C@@H]2C[C@@H]21)c1nnn[nH]1. The van der Waals surface area contributed by atoms with Gasteiger partial charge < -0.3 is 20.0 Å². The minimum atomic E-state index is -1.03. The van der Waals surface area contributed by atoms with Crippen LogP contribution in [0.25, 0.3) is 0 Å². The van der Waals surface area contributed by atoms with Crippen LogP contribution in [-0.4, -0.2) is 106 Å². The number of nitrogens with zero attached hydrogens (tertiary/aromatic N) is 7. The van der Waals surface area contributed by atoms with Gasteiger partial charge in [0.05, 0.1) is 18.0 Å². The zero-order valence-corrected chi connectivity index (χ0v) is 29.8. The number of aromatic amines is 1. The second-order valence-electron chi connectivity index (χ2n) is 14.7. The minimum absolute atomic E-state index is 0.00423. The highest BCUT2D eigenvalue weighted by Gasteiger charge is 2.54. The fraction of sp³-hybridized carbons (Fsp3) is 0.410. The first-order valence-corrected chi connectivity index (χ1v) is 17.6. The Bertz CT molecular complexity index is 1970. The van der Waals surface area contributed by atoms with Gasteiger partial charge in [-0.05, 0) is 119 Å². The van der Waals surface area contributed by atoms with Crippen molar-refractivity contribution in [3.63, 3.8) is 0 Å². The molecule has 0 radical (unpaired) electrons. The van der Waals surface area contributed by atoms with Gasteiger partial charge in [-0.15, -0.1) is 5.10 Å². The van der Waals surface area contributed by atoms with Gasteiger partial charge in [0.15, 0.2) is 5.82 Å². The van der Waals surface area contributed by atoms with E-state index in [-0.39, 0.29) is 42.2 Å². The van der Waals surface area contributed by atoms with Crippen LogP contribution in [0.3, 0.4) is 0 Å². The number of H-pyrrole nitrogens is 1. The smallest absolute Gasteiger partial charge is 0.253 e. The van der Waals surface area contributed by atoms with Crippen molar-refractivity contribution in [1.82, 2.24) is 40.6 Å². The molecule has 0 bridgehead atoms. The molecule has 1 aliphatic heterocycles. The zero-order valence-electron chi connectivity index (χ0n) is 29.8. The van der Waals surface area contributed by atoms with E-state index in [1.54, 1.807) is 55.0 Å². The summed E-state index contributed by atoms with van der Waals surface area (Å²) in [4.78, 5) is 45.0. The Hall–Kier alpha value is -5.48. The third-order valence-corrected chi connectivity index (χ3v) is 10.9. The summed E-state index contributed by atoms with van der Waals surface area (Å²) in [5.74, 6) is 0.133. The van der Waals surface area contributed by atoms with E-state index < -0.39 is 11.5 Å². The summed E-state index contributed by atoms with van der Waals surface area (Å²) < 4.78 is 14.1. The van der Waals surface area contributed by atoms with E-state index in [0.717, 1.165) is 34.2 Å². The number of amides is 3. The molecule has 2 aliphatic carbocycles. The molecule has 2 fully saturated rings. The van der Waals surface area contributed by atoms with Gasteiger partial charge in [-0.25, -0.2) is 9.49 Å². The lowest BCUT2D eigenvalue weighted by molar-refractivity contribution is -0.131. The summed E-state index contributed by atoms with van der Waals surface area (Å²) in [6, 6.07) is 19.4. The maximum absolute atomic E-state index is 14.1. The van der Waals surface area contributed by atoms with Crippen LogP contribution < -0.4 is 5.32 Å². The number of carbonyl (C=O) groups excluding carboxylic acids is 3. The van der Waals surface area contributed by atoms with Crippen LogP contribution in [0.15, 0.2) is 60.7 Å². The summed E-state index contributed by atoms with van der Waals surface area (Å²) >= 11 is 0. The third kappa shape index (κ3) is 6.43. The van der Waals surface area contributed by atoms with E-state index in [4.69, 9.17) is 0 Å². The number of piperidine rings is 1. The number of aromatic nitrogens is 4. The van der Waals surface area contributed by atoms with Gasteiger partial charge in [-0.2, -0.15) is 5.26 Å². The summed E-state index contributed by atoms with van der Waals surface area (Å²) in [5, 5.41) is 29.0. The molecule has 1 saturated heterocycles. The van der Waals surface area contributed by atoms with Crippen LogP contribution in [0.4, 0.5) is 4.39 Å². The summed E-state index contributed by atoms with van der Waals surface area (Å²) in [6.07, 6.45) is 3.59. The number of aryl methyl sites for hydroxylation is 2. The van der Waals surface area contributed by atoms with Crippen molar-refractivity contribution in [1.29, 1.82) is 5.26 Å². The summed E-state index contributed by atoms with van der Waals surface area (Å²) in [7, 11) is 6.87. The van der Waals surface area contributed by atoms with Gasteiger partial charge in [0.25, 0.3) is 11.8 Å². The molecule has 268 valence electrons. The molecule has 13 heteroatoms. The van der Waals surface area contributed by atoms with Gasteiger partial charge in [0.2, 0.25) is 5.91 Å². The van der Waals surface area contributed by atoms with Crippen molar-refractivity contribution in [2.45, 2.75) is 62.1 Å². The monoisotopic (exact) mass is 703 g/mol. The molecule has 1 unspecified atom stereocenters. The highest BCUT2D eigenvalue weighted by molar-refractivity contribution is 5.95. The maximum atomic E-state index is 14.1. The van der Waals surface area contributed by atoms with Crippen molar-refractivity contribution < 1.29 is 18.8 Å². The van der Waals surface area contributed by atoms with Gasteiger partial charge in [-0.1, -0.05) is 24.3 Å². The molecule has 1 saturated carbocycles. The molecule has 4 atom stereocenters. The minimum Gasteiger partial charge on any atom is -0.345 e. The molecule has 7 rings (SSSR count). The van der Waals surface area contributed by atoms with Gasteiger partial charge in [0, 0.05) is 51.4 Å². The Balaban J connectivity index is 1.37. The first kappa shape index (κ1) is 34.9. The Morgan fingerprint density at radius 3 is 2.12 bits per heavy atom. The van der Waals surface area contributed by atoms with E-state index in [9.17, 15) is 24.0 Å². The number of hydrogen-bond acceptors (Lipinski definition) is 8. The zero-order chi connectivity index (χ0) is 36.7. The molecule has 4 aromatic rings. The maximum Gasteiger partial charge on any atom is 0.253 e. The van der Waals surface area contributed by atoms with E-state index in [2.05, 4.69) is 32.0 Å². The lowest BCUT2D eigenvalue weighted by Crippen LogP contribution is -2.48. The number of hydrogen-bond donors (Lipinski definition) is 2. The van der Waals surface area contributed by atoms with Crippen molar-refractivity contribution >= 4 is 17.7 Å². The molecule has 1 aromatic heterocycles. The van der Waals surface area contributed by atoms with E-state index in [1.165, 1.54) is 12.1 Å². The summed E-state index contributed by atoms with van der Waals surface area (Å²) in [5.41, 5.74) is 4.59. The second kappa shape index (κ2) is 13.9. The van der Waals surface area contributed by atoms with E-state index in [1.807, 2.05) is 36.4 Å². The molecular formula is C39H42FN9O3. The van der Waals surface area contributed by atoms with Crippen LogP contribution in [0.2, 0.25) is 0 Å². The molecule has 52 heavy (non-hydrogen) atoms. The summed E-state index contributed by atoms with van der Waals surface area (Å²) in [6.45, 7) is 0.00423. The molecule has 3 aliphatic rings. The van der Waals surface area contributed by atoms with Crippen molar-refractivity contribution in [2.75, 3.05) is 34.7 Å². The highest BCUT2D eigenvalue weighted by atomic mass is 19.1. The Morgan fingerprint density at radius 1 is 0.962 bits per heavy atom. The average Bonchev–Trinajstić information content (AvgIpc) is 3.51. The number of benzene rings is 3. The normalized spacial score (nSPS) is 20.1. The number of rotatable bonds is 10. The quantitative estimate of drug-likeness (QED) is 0.256. The molecule has 12 nitrogen and oxygen atoms in total. The fourth-order valence-electron chi connectivity index (χ4n) is 8.29. The van der Waals surface area contributed by atoms with Crippen LogP contribution in [0.5, 0.6) is 0 Å². The molecule has 2 heterocycles. The Labute approximate surface area is 302 Å². The predicted molar refractivity (Wildman–Crippen MR) is 190 cm³/mol. The fourth-order valence-corrected chi connectivity index (χ4v) is 8.29. The predicted octanol–water partition coefficient (Wildman–Crippen LogP) is 3.28. The van der Waals surface area contributed by atoms with Crippen molar-refractivity contribution in [3.05, 3.63) is 111 Å². The number of nitriles is 1. The number of nitrogens with one attached hydrogen (secondary N) is 2. The largest absolute Gasteiger partial charge is 0.345 e. The number of fused-ring (bicyclic) bond motifs is 3. The Kier molecular flexibility index (Phi) is 9.35. The highest BCUT2D eigenvalue weighted by Crippen LogP contribution is 2.49. The van der Waals surface area contributed by atoms with Crippen LogP contribution in [0.1, 0.15) is 73.6 Å². The van der Waals surface area contributed by atoms with Crippen LogP contribution in [-0.2, 0) is 29.5 Å².